The van der Waals surface area contributed by atoms with Crippen molar-refractivity contribution in [3.63, 3.8) is 0 Å². The molecule has 2 aromatic carbocycles. The minimum Gasteiger partial charge on any atom is -0.369 e. The number of nitro groups is 1. The Kier molecular flexibility index (Phi) is 6.02. The van der Waals surface area contributed by atoms with E-state index in [9.17, 15) is 14.5 Å². The number of non-ortho nitro benzene ring substituents is 1. The number of hydrogen-bond acceptors (Lipinski definition) is 8. The molecule has 1 aromatic heterocycles. The normalized spacial score (nSPS) is 14.6. The summed E-state index contributed by atoms with van der Waals surface area (Å²) in [5, 5.41) is 18.8. The van der Waals surface area contributed by atoms with Gasteiger partial charge in [0.1, 0.15) is 5.82 Å². The van der Waals surface area contributed by atoms with E-state index in [0.29, 0.717) is 21.4 Å². The first-order chi connectivity index (χ1) is 14.5. The fraction of sp³-hybridized carbons (Fsp3) is 0.263. The molecular formula is C19H19FN6O2S2. The first kappa shape index (κ1) is 20.4. The van der Waals surface area contributed by atoms with Gasteiger partial charge >= 0.3 is 0 Å². The van der Waals surface area contributed by atoms with E-state index in [4.69, 9.17) is 12.2 Å². The third-order valence-corrected chi connectivity index (χ3v) is 6.08. The second-order valence-electron chi connectivity index (χ2n) is 6.80. The van der Waals surface area contributed by atoms with Crippen LogP contribution in [0.1, 0.15) is 0 Å². The molecule has 0 radical (unpaired) electrons. The van der Waals surface area contributed by atoms with Gasteiger partial charge in [-0.2, -0.15) is 0 Å². The lowest BCUT2D eigenvalue weighted by Crippen LogP contribution is -2.46. The van der Waals surface area contributed by atoms with Gasteiger partial charge in [-0.1, -0.05) is 23.5 Å². The van der Waals surface area contributed by atoms with Crippen molar-refractivity contribution in [2.45, 2.75) is 6.67 Å². The zero-order valence-electron chi connectivity index (χ0n) is 15.9. The van der Waals surface area contributed by atoms with E-state index >= 15 is 0 Å². The van der Waals surface area contributed by atoms with Crippen LogP contribution < -0.4 is 10.2 Å². The molecule has 0 atom stereocenters. The highest BCUT2D eigenvalue weighted by molar-refractivity contribution is 7.73. The lowest BCUT2D eigenvalue weighted by molar-refractivity contribution is -0.384. The number of benzene rings is 2. The van der Waals surface area contributed by atoms with Crippen LogP contribution in [-0.2, 0) is 6.67 Å². The van der Waals surface area contributed by atoms with Crippen molar-refractivity contribution in [2.24, 2.45) is 0 Å². The number of nitrogens with one attached hydrogen (secondary N) is 1. The smallest absolute Gasteiger partial charge is 0.269 e. The quantitative estimate of drug-likeness (QED) is 0.345. The topological polar surface area (TPSA) is 79.5 Å². The van der Waals surface area contributed by atoms with Gasteiger partial charge in [0.05, 0.1) is 17.3 Å². The van der Waals surface area contributed by atoms with Gasteiger partial charge in [0.15, 0.2) is 3.95 Å². The van der Waals surface area contributed by atoms with Gasteiger partial charge in [-0.15, -0.1) is 5.10 Å². The van der Waals surface area contributed by atoms with Crippen LogP contribution in [0.3, 0.4) is 0 Å². The van der Waals surface area contributed by atoms with Gasteiger partial charge in [-0.25, -0.2) is 9.07 Å². The Morgan fingerprint density at radius 3 is 2.50 bits per heavy atom. The van der Waals surface area contributed by atoms with Gasteiger partial charge in [-0.3, -0.25) is 15.0 Å². The zero-order valence-corrected chi connectivity index (χ0v) is 17.5. The number of halogens is 1. The summed E-state index contributed by atoms with van der Waals surface area (Å²) in [5.74, 6) is -0.340. The van der Waals surface area contributed by atoms with Gasteiger partial charge in [0.2, 0.25) is 5.13 Å². The average molecular weight is 447 g/mol. The number of para-hydroxylation sites is 1. The second kappa shape index (κ2) is 8.86. The van der Waals surface area contributed by atoms with E-state index in [1.807, 2.05) is 0 Å². The molecule has 2 heterocycles. The van der Waals surface area contributed by atoms with E-state index in [1.54, 1.807) is 35.0 Å². The lowest BCUT2D eigenvalue weighted by atomic mass is 10.2. The van der Waals surface area contributed by atoms with Crippen LogP contribution in [-0.4, -0.2) is 45.8 Å². The summed E-state index contributed by atoms with van der Waals surface area (Å²) in [6.45, 7) is 3.78. The van der Waals surface area contributed by atoms with Crippen LogP contribution in [0.4, 0.5) is 26.6 Å². The highest BCUT2D eigenvalue weighted by Crippen LogP contribution is 2.24. The summed E-state index contributed by atoms with van der Waals surface area (Å²) in [6, 6.07) is 13.1. The van der Waals surface area contributed by atoms with Crippen LogP contribution in [0.5, 0.6) is 0 Å². The molecular weight excluding hydrogens is 427 g/mol. The molecule has 0 spiro atoms. The molecule has 0 saturated carbocycles. The van der Waals surface area contributed by atoms with Crippen LogP contribution in [0.2, 0.25) is 0 Å². The van der Waals surface area contributed by atoms with Gasteiger partial charge in [-0.05, 0) is 36.5 Å². The summed E-state index contributed by atoms with van der Waals surface area (Å²) < 4.78 is 16.2. The van der Waals surface area contributed by atoms with Crippen LogP contribution in [0, 0.1) is 19.9 Å². The third-order valence-electron chi connectivity index (χ3n) is 4.85. The number of rotatable bonds is 6. The first-order valence-corrected chi connectivity index (χ1v) is 10.5. The van der Waals surface area contributed by atoms with Gasteiger partial charge < -0.3 is 10.2 Å². The molecule has 0 amide bonds. The van der Waals surface area contributed by atoms with Crippen LogP contribution in [0.15, 0.2) is 48.5 Å². The Hall–Kier alpha value is -2.89. The first-order valence-electron chi connectivity index (χ1n) is 9.31. The minimum atomic E-state index is -0.394. The monoisotopic (exact) mass is 446 g/mol. The molecule has 8 nitrogen and oxygen atoms in total. The van der Waals surface area contributed by atoms with Crippen molar-refractivity contribution in [3.8, 4) is 0 Å². The number of nitrogens with zero attached hydrogens (tertiary/aromatic N) is 5. The van der Waals surface area contributed by atoms with Crippen molar-refractivity contribution in [1.29, 1.82) is 0 Å². The van der Waals surface area contributed by atoms with E-state index in [0.717, 1.165) is 31.9 Å². The van der Waals surface area contributed by atoms with Crippen molar-refractivity contribution in [3.05, 3.63) is 68.4 Å². The second-order valence-corrected chi connectivity index (χ2v) is 8.42. The number of hydrogen-bond donors (Lipinski definition) is 1. The Morgan fingerprint density at radius 2 is 1.83 bits per heavy atom. The summed E-state index contributed by atoms with van der Waals surface area (Å²) in [4.78, 5) is 14.8. The molecule has 30 heavy (non-hydrogen) atoms. The zero-order chi connectivity index (χ0) is 21.1. The predicted molar refractivity (Wildman–Crippen MR) is 118 cm³/mol. The molecule has 156 valence electrons. The van der Waals surface area contributed by atoms with E-state index in [2.05, 4.69) is 20.2 Å². The Labute approximate surface area is 181 Å². The molecule has 1 fully saturated rings. The Balaban J connectivity index is 1.35. The van der Waals surface area contributed by atoms with Crippen molar-refractivity contribution < 1.29 is 9.31 Å². The molecule has 1 aliphatic heterocycles. The standard InChI is InChI=1S/C19H19FN6O2S2/c20-16-3-1-2-4-17(16)21-18-22-25(19(29)30-18)13-23-9-11-24(12-10-23)14-5-7-15(8-6-14)26(27)28/h1-8H,9-13H2,(H,21,22). The molecule has 1 saturated heterocycles. The SMILES string of the molecule is O=[N+]([O-])c1ccc(N2CCN(Cn3nc(Nc4ccccc4F)sc3=S)CC2)cc1. The van der Waals surface area contributed by atoms with E-state index < -0.39 is 4.92 Å². The molecule has 1 aliphatic rings. The van der Waals surface area contributed by atoms with Crippen molar-refractivity contribution in [1.82, 2.24) is 14.7 Å². The highest BCUT2D eigenvalue weighted by atomic mass is 32.1. The molecule has 4 rings (SSSR count). The fourth-order valence-corrected chi connectivity index (χ4v) is 4.25. The number of anilines is 3. The molecule has 3 aromatic rings. The minimum absolute atomic E-state index is 0.0927. The largest absolute Gasteiger partial charge is 0.369 e. The molecule has 0 bridgehead atoms. The Bertz CT molecular complexity index is 1090. The molecule has 0 aliphatic carbocycles. The van der Waals surface area contributed by atoms with Crippen LogP contribution >= 0.6 is 23.6 Å². The Morgan fingerprint density at radius 1 is 1.13 bits per heavy atom. The maximum Gasteiger partial charge on any atom is 0.269 e. The average Bonchev–Trinajstić information content (AvgIpc) is 3.09. The maximum atomic E-state index is 13.8. The summed E-state index contributed by atoms with van der Waals surface area (Å²) >= 11 is 6.72. The lowest BCUT2D eigenvalue weighted by Gasteiger charge is -2.35. The number of aromatic nitrogens is 2. The maximum absolute atomic E-state index is 13.8. The predicted octanol–water partition coefficient (Wildman–Crippen LogP) is 4.24. The van der Waals surface area contributed by atoms with E-state index in [-0.39, 0.29) is 11.5 Å². The van der Waals surface area contributed by atoms with Crippen LogP contribution in [0.25, 0.3) is 0 Å². The van der Waals surface area contributed by atoms with Gasteiger partial charge in [0.25, 0.3) is 5.69 Å². The van der Waals surface area contributed by atoms with Crippen molar-refractivity contribution in [2.75, 3.05) is 36.4 Å². The summed E-state index contributed by atoms with van der Waals surface area (Å²) in [6.07, 6.45) is 0. The molecule has 1 N–H and O–H groups in total. The molecule has 0 unspecified atom stereocenters. The fourth-order valence-electron chi connectivity index (χ4n) is 3.25. The summed E-state index contributed by atoms with van der Waals surface area (Å²) in [7, 11) is 0. The van der Waals surface area contributed by atoms with Crippen molar-refractivity contribution >= 4 is 45.7 Å². The van der Waals surface area contributed by atoms with E-state index in [1.165, 1.54) is 29.5 Å². The third kappa shape index (κ3) is 4.64. The number of piperazine rings is 1. The summed E-state index contributed by atoms with van der Waals surface area (Å²) in [5.41, 5.74) is 1.43. The van der Waals surface area contributed by atoms with Gasteiger partial charge in [0, 0.05) is 44.0 Å². The molecule has 11 heteroatoms. The highest BCUT2D eigenvalue weighted by Gasteiger charge is 2.19. The number of nitro benzene ring substituents is 1.